The van der Waals surface area contributed by atoms with Gasteiger partial charge in [0.1, 0.15) is 6.10 Å². The van der Waals surface area contributed by atoms with Crippen LogP contribution in [0.2, 0.25) is 0 Å². The average Bonchev–Trinajstić information content (AvgIpc) is 2.13. The second kappa shape index (κ2) is 6.39. The summed E-state index contributed by atoms with van der Waals surface area (Å²) in [7, 11) is 0. The molecule has 1 unspecified atom stereocenters. The molecule has 0 aromatic heterocycles. The van der Waals surface area contributed by atoms with Gasteiger partial charge in [0.05, 0.1) is 5.75 Å². The molecule has 7 heteroatoms. The van der Waals surface area contributed by atoms with Gasteiger partial charge in [-0.1, -0.05) is 0 Å². The topological polar surface area (TPSA) is 89.9 Å². The van der Waals surface area contributed by atoms with Crippen molar-refractivity contribution in [3.63, 3.8) is 0 Å². The third kappa shape index (κ3) is 5.55. The summed E-state index contributed by atoms with van der Waals surface area (Å²) < 4.78 is 8.39. The Labute approximate surface area is 85.6 Å². The average molecular weight is 222 g/mol. The molecule has 0 spiro atoms. The zero-order valence-electron chi connectivity index (χ0n) is 7.43. The van der Waals surface area contributed by atoms with E-state index in [2.05, 4.69) is 22.1 Å². The van der Waals surface area contributed by atoms with Crippen LogP contribution < -0.4 is 0 Å². The van der Waals surface area contributed by atoms with Gasteiger partial charge >= 0.3 is 17.9 Å². The molecule has 0 amide bonds. The van der Waals surface area contributed by atoms with E-state index in [9.17, 15) is 14.4 Å². The summed E-state index contributed by atoms with van der Waals surface area (Å²) in [6, 6.07) is 0. The summed E-state index contributed by atoms with van der Waals surface area (Å²) in [5.41, 5.74) is 0. The lowest BCUT2D eigenvalue weighted by Gasteiger charge is -2.05. The van der Waals surface area contributed by atoms with Crippen molar-refractivity contribution < 1.29 is 29.0 Å². The van der Waals surface area contributed by atoms with Gasteiger partial charge in [-0.3, -0.25) is 4.79 Å². The Morgan fingerprint density at radius 3 is 2.36 bits per heavy atom. The first-order valence-electron chi connectivity index (χ1n) is 3.66. The van der Waals surface area contributed by atoms with Crippen LogP contribution in [0.15, 0.2) is 0 Å². The Morgan fingerprint density at radius 2 is 1.93 bits per heavy atom. The number of hydrogen-bond acceptors (Lipinski definition) is 7. The molecule has 6 nitrogen and oxygen atoms in total. The number of ether oxygens (including phenoxy) is 2. The second-order valence-corrected chi connectivity index (χ2v) is 2.60. The highest BCUT2D eigenvalue weighted by Crippen LogP contribution is 1.89. The first-order valence-corrected chi connectivity index (χ1v) is 4.29. The maximum absolute atomic E-state index is 10.7. The van der Waals surface area contributed by atoms with Gasteiger partial charge in [0, 0.05) is 0 Å². The van der Waals surface area contributed by atoms with Gasteiger partial charge in [0.15, 0.2) is 6.61 Å². The molecule has 0 saturated carbocycles. The minimum absolute atomic E-state index is 0.240. The Morgan fingerprint density at radius 1 is 1.36 bits per heavy atom. The normalized spacial score (nSPS) is 11.6. The van der Waals surface area contributed by atoms with Gasteiger partial charge in [-0.15, -0.1) is 0 Å². The number of thiol groups is 1. The highest BCUT2D eigenvalue weighted by molar-refractivity contribution is 7.81. The number of rotatable bonds is 4. The van der Waals surface area contributed by atoms with Crippen LogP contribution in [0.4, 0.5) is 0 Å². The minimum atomic E-state index is -1.32. The van der Waals surface area contributed by atoms with Crippen molar-refractivity contribution in [1.82, 2.24) is 0 Å². The lowest BCUT2D eigenvalue weighted by Crippen LogP contribution is -2.25. The van der Waals surface area contributed by atoms with E-state index in [1.807, 2.05) is 0 Å². The number of aliphatic hydroxyl groups excluding tert-OH is 1. The number of carbonyl (C=O) groups is 3. The molecule has 0 bridgehead atoms. The molecule has 0 radical (unpaired) electrons. The lowest BCUT2D eigenvalue weighted by molar-refractivity contribution is -0.168. The standard InChI is InChI=1S/C7H10O6S/c1-4(8)7(11)12-2-5(9)13-6(10)3-14/h4,8,14H,2-3H2,1H3. The molecule has 80 valence electrons. The molecule has 0 fully saturated rings. The SMILES string of the molecule is CC(O)C(=O)OCC(=O)OC(=O)CS. The molecule has 0 rings (SSSR count). The van der Waals surface area contributed by atoms with Crippen molar-refractivity contribution in [3.05, 3.63) is 0 Å². The van der Waals surface area contributed by atoms with Crippen LogP contribution in [0, 0.1) is 0 Å². The first kappa shape index (κ1) is 12.9. The van der Waals surface area contributed by atoms with Crippen molar-refractivity contribution >= 4 is 30.5 Å². The van der Waals surface area contributed by atoms with E-state index in [0.717, 1.165) is 0 Å². The third-order valence-corrected chi connectivity index (χ3v) is 1.29. The summed E-state index contributed by atoms with van der Waals surface area (Å²) in [6.07, 6.45) is -1.32. The monoisotopic (exact) mass is 222 g/mol. The van der Waals surface area contributed by atoms with E-state index in [-0.39, 0.29) is 5.75 Å². The van der Waals surface area contributed by atoms with Gasteiger partial charge in [-0.25, -0.2) is 9.59 Å². The molecule has 14 heavy (non-hydrogen) atoms. The Hall–Kier alpha value is -1.08. The zero-order chi connectivity index (χ0) is 11.1. The van der Waals surface area contributed by atoms with Crippen LogP contribution in [0.3, 0.4) is 0 Å². The van der Waals surface area contributed by atoms with Crippen molar-refractivity contribution in [1.29, 1.82) is 0 Å². The molecule has 0 aliphatic heterocycles. The number of esters is 3. The second-order valence-electron chi connectivity index (χ2n) is 2.29. The first-order chi connectivity index (χ1) is 6.47. The molecule has 0 aliphatic rings. The Balaban J connectivity index is 3.75. The minimum Gasteiger partial charge on any atom is -0.452 e. The van der Waals surface area contributed by atoms with E-state index >= 15 is 0 Å². The van der Waals surface area contributed by atoms with Crippen molar-refractivity contribution in [2.75, 3.05) is 12.4 Å². The largest absolute Gasteiger partial charge is 0.452 e. The summed E-state index contributed by atoms with van der Waals surface area (Å²) >= 11 is 3.56. The Kier molecular flexibility index (Phi) is 5.89. The fraction of sp³-hybridized carbons (Fsp3) is 0.571. The number of hydrogen-bond donors (Lipinski definition) is 2. The van der Waals surface area contributed by atoms with Gasteiger partial charge in [-0.05, 0) is 6.92 Å². The summed E-state index contributed by atoms with van der Waals surface area (Å²) in [5, 5.41) is 8.66. The smallest absolute Gasteiger partial charge is 0.351 e. The van der Waals surface area contributed by atoms with E-state index < -0.39 is 30.6 Å². The predicted molar refractivity (Wildman–Crippen MR) is 47.6 cm³/mol. The van der Waals surface area contributed by atoms with Gasteiger partial charge in [-0.2, -0.15) is 12.6 Å². The predicted octanol–water partition coefficient (Wildman–Crippen LogP) is -1.09. The van der Waals surface area contributed by atoms with E-state index in [0.29, 0.717) is 0 Å². The summed E-state index contributed by atoms with van der Waals surface area (Å²) in [5.74, 6) is -3.03. The van der Waals surface area contributed by atoms with Crippen LogP contribution in [0.25, 0.3) is 0 Å². The molecular formula is C7H10O6S. The van der Waals surface area contributed by atoms with Crippen molar-refractivity contribution in [2.24, 2.45) is 0 Å². The molecule has 0 aromatic rings. The Bertz CT molecular complexity index is 236. The molecule has 0 heterocycles. The summed E-state index contributed by atoms with van der Waals surface area (Å²) in [4.78, 5) is 31.8. The fourth-order valence-corrected chi connectivity index (χ4v) is 0.504. The van der Waals surface area contributed by atoms with Crippen LogP contribution in [-0.2, 0) is 23.9 Å². The number of carbonyl (C=O) groups excluding carboxylic acids is 3. The van der Waals surface area contributed by atoms with E-state index in [4.69, 9.17) is 5.11 Å². The van der Waals surface area contributed by atoms with Crippen LogP contribution in [0.1, 0.15) is 6.92 Å². The highest BCUT2D eigenvalue weighted by Gasteiger charge is 2.14. The number of aliphatic hydroxyl groups is 1. The van der Waals surface area contributed by atoms with E-state index in [1.54, 1.807) is 0 Å². The fourth-order valence-electron chi connectivity index (χ4n) is 0.439. The van der Waals surface area contributed by atoms with Crippen LogP contribution in [0.5, 0.6) is 0 Å². The van der Waals surface area contributed by atoms with Crippen LogP contribution in [-0.4, -0.2) is 41.5 Å². The quantitative estimate of drug-likeness (QED) is 0.357. The summed E-state index contributed by atoms with van der Waals surface area (Å²) in [6.45, 7) is 0.482. The van der Waals surface area contributed by atoms with Crippen LogP contribution >= 0.6 is 12.6 Å². The third-order valence-electron chi connectivity index (χ3n) is 1.03. The van der Waals surface area contributed by atoms with Gasteiger partial charge in [0.25, 0.3) is 0 Å². The molecule has 1 atom stereocenters. The van der Waals surface area contributed by atoms with Gasteiger partial charge < -0.3 is 14.6 Å². The molecule has 1 N–H and O–H groups in total. The molecule has 0 aliphatic carbocycles. The molecule has 0 aromatic carbocycles. The maximum atomic E-state index is 10.7. The van der Waals surface area contributed by atoms with Crippen molar-refractivity contribution in [2.45, 2.75) is 13.0 Å². The van der Waals surface area contributed by atoms with Gasteiger partial charge in [0.2, 0.25) is 0 Å². The highest BCUT2D eigenvalue weighted by atomic mass is 32.1. The maximum Gasteiger partial charge on any atom is 0.351 e. The zero-order valence-corrected chi connectivity index (χ0v) is 8.32. The van der Waals surface area contributed by atoms with E-state index in [1.165, 1.54) is 6.92 Å². The lowest BCUT2D eigenvalue weighted by atomic mass is 10.4. The molecule has 0 saturated heterocycles. The van der Waals surface area contributed by atoms with Crippen molar-refractivity contribution in [3.8, 4) is 0 Å². The molecular weight excluding hydrogens is 212 g/mol.